The van der Waals surface area contributed by atoms with Crippen molar-refractivity contribution in [3.8, 4) is 0 Å². The van der Waals surface area contributed by atoms with E-state index in [4.69, 9.17) is 4.74 Å². The number of morpholine rings is 1. The highest BCUT2D eigenvalue weighted by molar-refractivity contribution is 7.09. The van der Waals surface area contributed by atoms with E-state index in [0.717, 1.165) is 51.0 Å². The molecule has 136 valence electrons. The lowest BCUT2D eigenvalue weighted by molar-refractivity contribution is 0.0211. The van der Waals surface area contributed by atoms with Crippen molar-refractivity contribution in [1.82, 2.24) is 20.5 Å². The fraction of sp³-hybridized carbons (Fsp3) is 0.765. The second kappa shape index (κ2) is 9.96. The quantitative estimate of drug-likeness (QED) is 0.580. The maximum atomic E-state index is 5.42. The summed E-state index contributed by atoms with van der Waals surface area (Å²) in [6.07, 6.45) is 0. The van der Waals surface area contributed by atoms with Gasteiger partial charge < -0.3 is 15.4 Å². The van der Waals surface area contributed by atoms with Gasteiger partial charge in [-0.1, -0.05) is 13.8 Å². The van der Waals surface area contributed by atoms with Crippen LogP contribution in [-0.4, -0.2) is 61.3 Å². The number of nitrogens with one attached hydrogen (secondary N) is 2. The lowest BCUT2D eigenvalue weighted by Gasteiger charge is -2.32. The van der Waals surface area contributed by atoms with Crippen LogP contribution < -0.4 is 10.6 Å². The van der Waals surface area contributed by atoms with Gasteiger partial charge in [0.15, 0.2) is 5.96 Å². The van der Waals surface area contributed by atoms with E-state index < -0.39 is 0 Å². The van der Waals surface area contributed by atoms with E-state index in [1.165, 1.54) is 5.01 Å². The molecule has 1 aliphatic rings. The van der Waals surface area contributed by atoms with Gasteiger partial charge in [0.1, 0.15) is 0 Å². The predicted octanol–water partition coefficient (Wildman–Crippen LogP) is 2.04. The van der Waals surface area contributed by atoms with Gasteiger partial charge in [0.25, 0.3) is 0 Å². The Morgan fingerprint density at radius 2 is 2.08 bits per heavy atom. The van der Waals surface area contributed by atoms with Gasteiger partial charge in [-0.25, -0.2) is 9.98 Å². The third kappa shape index (κ3) is 6.03. The summed E-state index contributed by atoms with van der Waals surface area (Å²) in [7, 11) is 0. The van der Waals surface area contributed by atoms with Crippen LogP contribution in [0.4, 0.5) is 0 Å². The van der Waals surface area contributed by atoms with Crippen molar-refractivity contribution in [1.29, 1.82) is 0 Å². The Morgan fingerprint density at radius 1 is 1.33 bits per heavy atom. The topological polar surface area (TPSA) is 61.8 Å². The van der Waals surface area contributed by atoms with E-state index >= 15 is 0 Å². The summed E-state index contributed by atoms with van der Waals surface area (Å²) < 4.78 is 5.42. The van der Waals surface area contributed by atoms with Gasteiger partial charge in [-0.05, 0) is 13.8 Å². The minimum absolute atomic E-state index is 0.463. The van der Waals surface area contributed by atoms with Crippen molar-refractivity contribution < 1.29 is 4.74 Å². The van der Waals surface area contributed by atoms with Crippen LogP contribution in [0.3, 0.4) is 0 Å². The summed E-state index contributed by atoms with van der Waals surface area (Å²) >= 11 is 1.72. The normalized spacial score (nSPS) is 18.0. The fourth-order valence-electron chi connectivity index (χ4n) is 2.55. The average molecular weight is 354 g/mol. The molecule has 1 fully saturated rings. The highest BCUT2D eigenvalue weighted by Gasteiger charge is 2.17. The molecule has 24 heavy (non-hydrogen) atoms. The van der Waals surface area contributed by atoms with Crippen LogP contribution in [0.2, 0.25) is 0 Å². The minimum Gasteiger partial charge on any atom is -0.379 e. The molecule has 0 aromatic carbocycles. The Balaban J connectivity index is 1.85. The Labute approximate surface area is 149 Å². The Bertz CT molecular complexity index is 511. The molecule has 1 aliphatic heterocycles. The first-order valence-corrected chi connectivity index (χ1v) is 9.76. The first kappa shape index (κ1) is 19.1. The van der Waals surface area contributed by atoms with Gasteiger partial charge >= 0.3 is 0 Å². The van der Waals surface area contributed by atoms with E-state index in [1.54, 1.807) is 11.3 Å². The molecule has 2 N–H and O–H groups in total. The van der Waals surface area contributed by atoms with Gasteiger partial charge in [0.2, 0.25) is 0 Å². The second-order valence-corrected chi connectivity index (χ2v) is 7.29. The summed E-state index contributed by atoms with van der Waals surface area (Å²) in [5.41, 5.74) is 1.04. The van der Waals surface area contributed by atoms with E-state index in [1.807, 2.05) is 0 Å². The van der Waals surface area contributed by atoms with Crippen molar-refractivity contribution in [3.05, 3.63) is 16.1 Å². The molecule has 0 spiro atoms. The zero-order valence-electron chi connectivity index (χ0n) is 15.3. The van der Waals surface area contributed by atoms with Crippen LogP contribution in [0.15, 0.2) is 10.4 Å². The molecule has 0 amide bonds. The van der Waals surface area contributed by atoms with Crippen molar-refractivity contribution in [2.24, 2.45) is 4.99 Å². The molecule has 2 rings (SSSR count). The molecule has 0 bridgehead atoms. The summed E-state index contributed by atoms with van der Waals surface area (Å²) in [5.74, 6) is 1.34. The van der Waals surface area contributed by atoms with Crippen LogP contribution in [0, 0.1) is 0 Å². The lowest BCUT2D eigenvalue weighted by Crippen LogP contribution is -2.49. The zero-order chi connectivity index (χ0) is 17.4. The van der Waals surface area contributed by atoms with Crippen LogP contribution >= 0.6 is 11.3 Å². The highest BCUT2D eigenvalue weighted by atomic mass is 32.1. The van der Waals surface area contributed by atoms with E-state index in [9.17, 15) is 0 Å². The fourth-order valence-corrected chi connectivity index (χ4v) is 3.38. The van der Waals surface area contributed by atoms with Crippen LogP contribution in [0.5, 0.6) is 0 Å². The van der Waals surface area contributed by atoms with Crippen molar-refractivity contribution in [2.45, 2.75) is 46.2 Å². The summed E-state index contributed by atoms with van der Waals surface area (Å²) in [6, 6.07) is 0.463. The van der Waals surface area contributed by atoms with Crippen molar-refractivity contribution in [3.63, 3.8) is 0 Å². The maximum absolute atomic E-state index is 5.42. The molecule has 1 unspecified atom stereocenters. The molecule has 1 aromatic rings. The molecule has 1 saturated heterocycles. The first-order chi connectivity index (χ1) is 11.6. The molecular formula is C17H31N5OS. The SMILES string of the molecule is CCNC(=NCc1csc(C(C)C)n1)NCC(C)N1CCOCC1. The lowest BCUT2D eigenvalue weighted by atomic mass is 10.2. The summed E-state index contributed by atoms with van der Waals surface area (Å²) in [5, 5.41) is 10.1. The minimum atomic E-state index is 0.463. The van der Waals surface area contributed by atoms with Gasteiger partial charge in [-0.15, -0.1) is 11.3 Å². The zero-order valence-corrected chi connectivity index (χ0v) is 16.2. The predicted molar refractivity (Wildman–Crippen MR) is 101 cm³/mol. The van der Waals surface area contributed by atoms with Crippen molar-refractivity contribution >= 4 is 17.3 Å². The number of aliphatic imine (C=N–C) groups is 1. The molecule has 0 saturated carbocycles. The molecule has 0 radical (unpaired) electrons. The number of thiazole rings is 1. The first-order valence-electron chi connectivity index (χ1n) is 8.88. The van der Waals surface area contributed by atoms with Crippen LogP contribution in [0.25, 0.3) is 0 Å². The van der Waals surface area contributed by atoms with Gasteiger partial charge in [-0.3, -0.25) is 4.90 Å². The second-order valence-electron chi connectivity index (χ2n) is 6.41. The Hall–Kier alpha value is -1.18. The molecule has 6 nitrogen and oxygen atoms in total. The Kier molecular flexibility index (Phi) is 7.94. The number of hydrogen-bond donors (Lipinski definition) is 2. The van der Waals surface area contributed by atoms with Gasteiger partial charge in [-0.2, -0.15) is 0 Å². The summed E-state index contributed by atoms with van der Waals surface area (Å²) in [4.78, 5) is 11.8. The number of ether oxygens (including phenoxy) is 1. The summed E-state index contributed by atoms with van der Waals surface area (Å²) in [6.45, 7) is 14.7. The maximum Gasteiger partial charge on any atom is 0.191 e. The average Bonchev–Trinajstić information content (AvgIpc) is 3.07. The molecule has 1 aromatic heterocycles. The number of guanidine groups is 1. The number of aromatic nitrogens is 1. The monoisotopic (exact) mass is 353 g/mol. The number of rotatable bonds is 7. The largest absolute Gasteiger partial charge is 0.379 e. The standard InChI is InChI=1S/C17H31N5OS/c1-5-18-17(19-10-14(4)22-6-8-23-9-7-22)20-11-15-12-24-16(21-15)13(2)3/h12-14H,5-11H2,1-4H3,(H2,18,19,20). The Morgan fingerprint density at radius 3 is 2.71 bits per heavy atom. The third-order valence-electron chi connectivity index (χ3n) is 4.04. The smallest absolute Gasteiger partial charge is 0.191 e. The van der Waals surface area contributed by atoms with Crippen molar-refractivity contribution in [2.75, 3.05) is 39.4 Å². The van der Waals surface area contributed by atoms with Crippen LogP contribution in [-0.2, 0) is 11.3 Å². The van der Waals surface area contributed by atoms with Gasteiger partial charge in [0.05, 0.1) is 30.5 Å². The molecular weight excluding hydrogens is 322 g/mol. The van der Waals surface area contributed by atoms with E-state index in [0.29, 0.717) is 18.5 Å². The molecule has 0 aliphatic carbocycles. The molecule has 7 heteroatoms. The number of nitrogens with zero attached hydrogens (tertiary/aromatic N) is 3. The van der Waals surface area contributed by atoms with Crippen LogP contribution in [0.1, 0.15) is 44.3 Å². The molecule has 2 heterocycles. The van der Waals surface area contributed by atoms with Gasteiger partial charge in [0, 0.05) is 43.5 Å². The molecule has 1 atom stereocenters. The van der Waals surface area contributed by atoms with E-state index in [2.05, 4.69) is 58.6 Å². The number of hydrogen-bond acceptors (Lipinski definition) is 5. The van der Waals surface area contributed by atoms with E-state index in [-0.39, 0.29) is 0 Å². The third-order valence-corrected chi connectivity index (χ3v) is 5.23. The highest BCUT2D eigenvalue weighted by Crippen LogP contribution is 2.19.